The van der Waals surface area contributed by atoms with Crippen LogP contribution < -0.4 is 10.0 Å². The lowest BCUT2D eigenvalue weighted by atomic mass is 9.54. The van der Waals surface area contributed by atoms with Crippen molar-refractivity contribution < 1.29 is 23.1 Å². The molecule has 8 heteroatoms. The maximum atomic E-state index is 12.7. The fraction of sp³-hybridized carbons (Fsp3) is 0.611. The van der Waals surface area contributed by atoms with Crippen molar-refractivity contribution in [3.8, 4) is 0 Å². The molecular formula is C18H28N2O5S. The van der Waals surface area contributed by atoms with Crippen molar-refractivity contribution in [1.29, 1.82) is 0 Å². The molecule has 1 fully saturated rings. The largest absolute Gasteiger partial charge is 0.394 e. The predicted octanol–water partition coefficient (Wildman–Crippen LogP) is 1.74. The number of nitrogens with one attached hydrogen (secondary N) is 2. The number of aliphatic hydroxyl groups excluding tert-OH is 1. The van der Waals surface area contributed by atoms with E-state index in [1.165, 1.54) is 13.0 Å². The van der Waals surface area contributed by atoms with Crippen LogP contribution >= 0.6 is 0 Å². The highest BCUT2D eigenvalue weighted by atomic mass is 32.2. The summed E-state index contributed by atoms with van der Waals surface area (Å²) in [6.45, 7) is 7.74. The predicted molar refractivity (Wildman–Crippen MR) is 101 cm³/mol. The average Bonchev–Trinajstić information content (AvgIpc) is 2.60. The minimum Gasteiger partial charge on any atom is -0.394 e. The number of hydrogen-bond acceptors (Lipinski definition) is 5. The Hall–Kier alpha value is -1.64. The van der Waals surface area contributed by atoms with Gasteiger partial charge in [0.1, 0.15) is 0 Å². The number of rotatable bonds is 8. The first-order valence-corrected chi connectivity index (χ1v) is 10.4. The molecule has 0 saturated heterocycles. The van der Waals surface area contributed by atoms with Crippen LogP contribution in [-0.2, 0) is 14.8 Å². The Morgan fingerprint density at radius 1 is 1.35 bits per heavy atom. The van der Waals surface area contributed by atoms with Gasteiger partial charge in [0, 0.05) is 29.7 Å². The van der Waals surface area contributed by atoms with Crippen LogP contribution in [-0.4, -0.2) is 50.0 Å². The molecule has 0 aliphatic heterocycles. The summed E-state index contributed by atoms with van der Waals surface area (Å²) in [6.07, 6.45) is 0.487. The van der Waals surface area contributed by atoms with Crippen LogP contribution in [0.1, 0.15) is 44.5 Å². The molecule has 2 atom stereocenters. The van der Waals surface area contributed by atoms with E-state index in [9.17, 15) is 18.3 Å². The summed E-state index contributed by atoms with van der Waals surface area (Å²) in [5.74, 6) is -0.413. The van der Waals surface area contributed by atoms with Crippen molar-refractivity contribution in [2.24, 2.45) is 5.41 Å². The smallest absolute Gasteiger partial charge is 0.251 e. The van der Waals surface area contributed by atoms with Crippen LogP contribution in [0, 0.1) is 5.41 Å². The van der Waals surface area contributed by atoms with Gasteiger partial charge in [-0.25, -0.2) is 8.42 Å². The molecule has 1 aromatic carbocycles. The van der Waals surface area contributed by atoms with Crippen molar-refractivity contribution in [2.75, 3.05) is 23.7 Å². The number of benzene rings is 1. The Bertz CT molecular complexity index is 763. The normalized spacial score (nSPS) is 24.6. The second-order valence-corrected chi connectivity index (χ2v) is 9.16. The molecule has 0 heterocycles. The molecule has 1 aliphatic rings. The third-order valence-corrected chi connectivity index (χ3v) is 6.65. The van der Waals surface area contributed by atoms with Gasteiger partial charge in [0.05, 0.1) is 24.0 Å². The molecule has 26 heavy (non-hydrogen) atoms. The van der Waals surface area contributed by atoms with Gasteiger partial charge >= 0.3 is 0 Å². The molecule has 3 N–H and O–H groups in total. The molecule has 7 nitrogen and oxygen atoms in total. The fourth-order valence-corrected chi connectivity index (χ4v) is 3.90. The van der Waals surface area contributed by atoms with Gasteiger partial charge in [-0.15, -0.1) is 0 Å². The van der Waals surface area contributed by atoms with Gasteiger partial charge < -0.3 is 15.2 Å². The second kappa shape index (κ2) is 7.54. The van der Waals surface area contributed by atoms with E-state index in [0.717, 1.165) is 0 Å². The van der Waals surface area contributed by atoms with Gasteiger partial charge in [0.2, 0.25) is 10.0 Å². The van der Waals surface area contributed by atoms with Gasteiger partial charge in [-0.3, -0.25) is 9.52 Å². The average molecular weight is 384 g/mol. The van der Waals surface area contributed by atoms with Crippen LogP contribution in [0.4, 0.5) is 5.69 Å². The molecule has 146 valence electrons. The number of anilines is 1. The van der Waals surface area contributed by atoms with E-state index in [2.05, 4.69) is 10.0 Å². The fourth-order valence-electron chi connectivity index (χ4n) is 3.27. The van der Waals surface area contributed by atoms with Crippen LogP contribution in [0.3, 0.4) is 0 Å². The van der Waals surface area contributed by atoms with Gasteiger partial charge in [-0.2, -0.15) is 0 Å². The molecule has 0 spiro atoms. The summed E-state index contributed by atoms with van der Waals surface area (Å²) in [5, 5.41) is 12.9. The van der Waals surface area contributed by atoms with Crippen molar-refractivity contribution >= 4 is 21.6 Å². The molecule has 1 saturated carbocycles. The Labute approximate surface area is 155 Å². The van der Waals surface area contributed by atoms with E-state index in [0.29, 0.717) is 24.3 Å². The number of carbonyl (C=O) groups excluding carboxylic acids is 1. The highest BCUT2D eigenvalue weighted by Crippen LogP contribution is 2.51. The molecule has 1 aliphatic carbocycles. The van der Waals surface area contributed by atoms with Crippen molar-refractivity contribution in [2.45, 2.75) is 45.8 Å². The number of amides is 1. The molecule has 0 aromatic heterocycles. The standard InChI is InChI=1S/C18H28N2O5S/c1-5-25-15-11-18(12-21,17(15,3)4)19-16(22)13-8-7-9-14(10-13)20-26(23,24)6-2/h7-10,15,20-21H,5-6,11-12H2,1-4H3,(H,19,22)/t15-,18+/m0/s1. The number of sulfonamides is 1. The number of ether oxygens (including phenoxy) is 1. The minimum atomic E-state index is -3.42. The first-order valence-electron chi connectivity index (χ1n) is 8.76. The zero-order chi connectivity index (χ0) is 19.6. The van der Waals surface area contributed by atoms with E-state index in [1.54, 1.807) is 18.2 Å². The summed E-state index contributed by atoms with van der Waals surface area (Å²) in [4.78, 5) is 12.7. The van der Waals surface area contributed by atoms with Crippen LogP contribution in [0.15, 0.2) is 24.3 Å². The topological polar surface area (TPSA) is 105 Å². The molecule has 0 bridgehead atoms. The van der Waals surface area contributed by atoms with E-state index in [4.69, 9.17) is 4.74 Å². The SMILES string of the molecule is CCO[C@H]1C[C@](CO)(NC(=O)c2cccc(NS(=O)(=O)CC)c2)C1(C)C. The number of aliphatic hydroxyl groups is 1. The molecule has 1 aromatic rings. The first-order chi connectivity index (χ1) is 12.1. The molecule has 0 unspecified atom stereocenters. The van der Waals surface area contributed by atoms with E-state index in [1.807, 2.05) is 20.8 Å². The summed E-state index contributed by atoms with van der Waals surface area (Å²) < 4.78 is 31.5. The first kappa shape index (κ1) is 20.7. The van der Waals surface area contributed by atoms with Crippen molar-refractivity contribution in [3.63, 3.8) is 0 Å². The molecular weight excluding hydrogens is 356 g/mol. The third-order valence-electron chi connectivity index (χ3n) is 5.34. The van der Waals surface area contributed by atoms with E-state index in [-0.39, 0.29) is 24.4 Å². The monoisotopic (exact) mass is 384 g/mol. The second-order valence-electron chi connectivity index (χ2n) is 7.15. The quantitative estimate of drug-likeness (QED) is 0.633. The van der Waals surface area contributed by atoms with Gasteiger partial charge in [-0.05, 0) is 32.0 Å². The third kappa shape index (κ3) is 3.87. The van der Waals surface area contributed by atoms with Gasteiger partial charge in [-0.1, -0.05) is 19.9 Å². The van der Waals surface area contributed by atoms with Gasteiger partial charge in [0.15, 0.2) is 0 Å². The zero-order valence-electron chi connectivity index (χ0n) is 15.7. The van der Waals surface area contributed by atoms with Crippen molar-refractivity contribution in [3.05, 3.63) is 29.8 Å². The molecule has 0 radical (unpaired) electrons. The highest BCUT2D eigenvalue weighted by molar-refractivity contribution is 7.92. The number of hydrogen-bond donors (Lipinski definition) is 3. The lowest BCUT2D eigenvalue weighted by Crippen LogP contribution is -2.74. The zero-order valence-corrected chi connectivity index (χ0v) is 16.5. The van der Waals surface area contributed by atoms with E-state index < -0.39 is 21.0 Å². The Morgan fingerprint density at radius 3 is 2.58 bits per heavy atom. The van der Waals surface area contributed by atoms with Crippen molar-refractivity contribution in [1.82, 2.24) is 5.32 Å². The van der Waals surface area contributed by atoms with Gasteiger partial charge in [0.25, 0.3) is 5.91 Å². The van der Waals surface area contributed by atoms with Crippen LogP contribution in [0.25, 0.3) is 0 Å². The lowest BCUT2D eigenvalue weighted by Gasteiger charge is -2.60. The lowest BCUT2D eigenvalue weighted by molar-refractivity contribution is -0.172. The maximum absolute atomic E-state index is 12.7. The summed E-state index contributed by atoms with van der Waals surface area (Å²) in [6, 6.07) is 6.29. The molecule has 1 amide bonds. The van der Waals surface area contributed by atoms with Crippen LogP contribution in [0.2, 0.25) is 0 Å². The van der Waals surface area contributed by atoms with E-state index >= 15 is 0 Å². The Kier molecular flexibility index (Phi) is 5.99. The molecule has 2 rings (SSSR count). The van der Waals surface area contributed by atoms with Crippen LogP contribution in [0.5, 0.6) is 0 Å². The summed E-state index contributed by atoms with van der Waals surface area (Å²) >= 11 is 0. The maximum Gasteiger partial charge on any atom is 0.251 e. The summed E-state index contributed by atoms with van der Waals surface area (Å²) in [5.41, 5.74) is -0.542. The highest BCUT2D eigenvalue weighted by Gasteiger charge is 2.61. The summed E-state index contributed by atoms with van der Waals surface area (Å²) in [7, 11) is -3.42. The minimum absolute atomic E-state index is 0.0392. The Balaban J connectivity index is 2.17. The Morgan fingerprint density at radius 2 is 2.04 bits per heavy atom. The number of carbonyl (C=O) groups is 1.